The highest BCUT2D eigenvalue weighted by Crippen LogP contribution is 2.23. The Labute approximate surface area is 187 Å². The van der Waals surface area contributed by atoms with Crippen LogP contribution in [0.1, 0.15) is 49.5 Å². The van der Waals surface area contributed by atoms with Crippen LogP contribution in [0.25, 0.3) is 11.0 Å². The number of amides is 1. The van der Waals surface area contributed by atoms with E-state index >= 15 is 0 Å². The molecule has 1 aromatic heterocycles. The number of carbonyl (C=O) groups is 3. The first-order valence-electron chi connectivity index (χ1n) is 11.1. The van der Waals surface area contributed by atoms with Crippen LogP contribution in [-0.4, -0.2) is 72.6 Å². The van der Waals surface area contributed by atoms with Gasteiger partial charge < -0.3 is 19.3 Å². The summed E-state index contributed by atoms with van der Waals surface area (Å²) >= 11 is 0. The van der Waals surface area contributed by atoms with Gasteiger partial charge in [-0.15, -0.1) is 0 Å². The van der Waals surface area contributed by atoms with Crippen molar-refractivity contribution in [1.82, 2.24) is 14.9 Å². The van der Waals surface area contributed by atoms with Crippen LogP contribution in [-0.2, 0) is 19.1 Å². The maximum Gasteiger partial charge on any atom is 0.360 e. The molecule has 0 radical (unpaired) electrons. The van der Waals surface area contributed by atoms with E-state index in [0.29, 0.717) is 68.7 Å². The van der Waals surface area contributed by atoms with Crippen LogP contribution in [0.4, 0.5) is 5.82 Å². The van der Waals surface area contributed by atoms with Crippen molar-refractivity contribution < 1.29 is 23.9 Å². The molecule has 9 heteroatoms. The van der Waals surface area contributed by atoms with Gasteiger partial charge in [0.2, 0.25) is 5.91 Å². The number of hydrogen-bond donors (Lipinski definition) is 0. The number of fused-ring (bicyclic) bond motifs is 1. The van der Waals surface area contributed by atoms with Crippen molar-refractivity contribution in [3.8, 4) is 0 Å². The monoisotopic (exact) mass is 442 g/mol. The Morgan fingerprint density at radius 2 is 1.69 bits per heavy atom. The molecule has 0 saturated carbocycles. The van der Waals surface area contributed by atoms with E-state index in [1.165, 1.54) is 7.11 Å². The summed E-state index contributed by atoms with van der Waals surface area (Å²) in [6.07, 6.45) is 2.77. The van der Waals surface area contributed by atoms with Crippen molar-refractivity contribution in [3.05, 3.63) is 30.0 Å². The van der Waals surface area contributed by atoms with Gasteiger partial charge in [0.1, 0.15) is 0 Å². The van der Waals surface area contributed by atoms with Crippen LogP contribution in [0.5, 0.6) is 0 Å². The minimum absolute atomic E-state index is 0.0759. The van der Waals surface area contributed by atoms with Crippen LogP contribution in [0.15, 0.2) is 24.3 Å². The number of para-hydroxylation sites is 2. The Hall–Kier alpha value is -3.23. The van der Waals surface area contributed by atoms with E-state index in [-0.39, 0.29) is 24.2 Å². The van der Waals surface area contributed by atoms with Gasteiger partial charge in [0.25, 0.3) is 0 Å². The molecule has 3 rings (SSSR count). The number of benzene rings is 1. The number of ether oxygens (including phenoxy) is 2. The van der Waals surface area contributed by atoms with Crippen molar-refractivity contribution in [1.29, 1.82) is 0 Å². The van der Waals surface area contributed by atoms with Crippen molar-refractivity contribution in [2.75, 3.05) is 44.8 Å². The van der Waals surface area contributed by atoms with Gasteiger partial charge >= 0.3 is 11.9 Å². The van der Waals surface area contributed by atoms with Gasteiger partial charge in [0.05, 0.1) is 24.8 Å². The van der Waals surface area contributed by atoms with E-state index in [9.17, 15) is 14.4 Å². The maximum atomic E-state index is 12.6. The lowest BCUT2D eigenvalue weighted by Crippen LogP contribution is -2.35. The van der Waals surface area contributed by atoms with Crippen molar-refractivity contribution in [2.45, 2.75) is 39.0 Å². The second kappa shape index (κ2) is 11.4. The van der Waals surface area contributed by atoms with Crippen LogP contribution in [0.3, 0.4) is 0 Å². The van der Waals surface area contributed by atoms with Crippen molar-refractivity contribution >= 4 is 34.7 Å². The van der Waals surface area contributed by atoms with Crippen LogP contribution >= 0.6 is 0 Å². The molecule has 1 fully saturated rings. The summed E-state index contributed by atoms with van der Waals surface area (Å²) in [5, 5.41) is 0. The number of methoxy groups -OCH3 is 1. The van der Waals surface area contributed by atoms with E-state index in [1.54, 1.807) is 6.92 Å². The molecule has 0 unspecified atom stereocenters. The van der Waals surface area contributed by atoms with E-state index < -0.39 is 5.97 Å². The van der Waals surface area contributed by atoms with Crippen LogP contribution in [0, 0.1) is 0 Å². The zero-order valence-corrected chi connectivity index (χ0v) is 18.7. The molecule has 2 aromatic rings. The fourth-order valence-corrected chi connectivity index (χ4v) is 3.73. The molecule has 0 aliphatic carbocycles. The Morgan fingerprint density at radius 1 is 0.969 bits per heavy atom. The second-order valence-electron chi connectivity index (χ2n) is 7.61. The number of esters is 2. The lowest BCUT2D eigenvalue weighted by molar-refractivity contribution is -0.141. The number of unbranched alkanes of at least 4 members (excludes halogenated alkanes) is 1. The molecule has 1 aliphatic heterocycles. The number of rotatable bonds is 8. The van der Waals surface area contributed by atoms with Gasteiger partial charge in [0, 0.05) is 39.0 Å². The fraction of sp³-hybridized carbons (Fsp3) is 0.522. The molecule has 1 amide bonds. The summed E-state index contributed by atoms with van der Waals surface area (Å²) in [4.78, 5) is 49.5. The molecule has 0 bridgehead atoms. The van der Waals surface area contributed by atoms with Gasteiger partial charge in [-0.05, 0) is 38.3 Å². The molecule has 1 aliphatic rings. The number of hydrogen-bond acceptors (Lipinski definition) is 8. The molecule has 0 N–H and O–H groups in total. The van der Waals surface area contributed by atoms with E-state index in [2.05, 4.69) is 9.72 Å². The van der Waals surface area contributed by atoms with Crippen molar-refractivity contribution in [2.24, 2.45) is 0 Å². The van der Waals surface area contributed by atoms with Gasteiger partial charge in [-0.3, -0.25) is 9.59 Å². The molecule has 0 atom stereocenters. The van der Waals surface area contributed by atoms with E-state index in [1.807, 2.05) is 34.1 Å². The maximum absolute atomic E-state index is 12.6. The molecule has 32 heavy (non-hydrogen) atoms. The SMILES string of the molecule is CCOC(=O)c1nc2ccccc2nc1N1CCCN(C(=O)CCCCC(=O)OC)CC1. The number of nitrogens with zero attached hydrogens (tertiary/aromatic N) is 4. The third kappa shape index (κ3) is 5.93. The van der Waals surface area contributed by atoms with Gasteiger partial charge in [-0.1, -0.05) is 12.1 Å². The standard InChI is InChI=1S/C23H30N4O5/c1-3-32-23(30)21-22(25-18-10-5-4-9-17(18)24-21)27-14-8-13-26(15-16-27)19(28)11-6-7-12-20(29)31-2/h4-5,9-10H,3,6-8,11-16H2,1-2H3. The molecule has 172 valence electrons. The molecule has 2 heterocycles. The zero-order valence-electron chi connectivity index (χ0n) is 18.7. The highest BCUT2D eigenvalue weighted by molar-refractivity contribution is 5.95. The first kappa shape index (κ1) is 23.4. The van der Waals surface area contributed by atoms with Gasteiger partial charge in [-0.2, -0.15) is 0 Å². The summed E-state index contributed by atoms with van der Waals surface area (Å²) in [6.45, 7) is 4.39. The smallest absolute Gasteiger partial charge is 0.360 e. The molecule has 1 saturated heterocycles. The first-order valence-corrected chi connectivity index (χ1v) is 11.1. The highest BCUT2D eigenvalue weighted by atomic mass is 16.5. The molecular weight excluding hydrogens is 412 g/mol. The number of carbonyl (C=O) groups excluding carboxylic acids is 3. The Kier molecular flexibility index (Phi) is 8.35. The lowest BCUT2D eigenvalue weighted by Gasteiger charge is -2.24. The zero-order chi connectivity index (χ0) is 22.9. The lowest BCUT2D eigenvalue weighted by atomic mass is 10.2. The van der Waals surface area contributed by atoms with E-state index in [0.717, 1.165) is 6.42 Å². The average molecular weight is 443 g/mol. The molecular formula is C23H30N4O5. The summed E-state index contributed by atoms with van der Waals surface area (Å²) in [6, 6.07) is 7.42. The third-order valence-electron chi connectivity index (χ3n) is 5.42. The normalized spacial score (nSPS) is 14.2. The largest absolute Gasteiger partial charge is 0.469 e. The summed E-state index contributed by atoms with van der Waals surface area (Å²) in [7, 11) is 1.36. The minimum atomic E-state index is -0.497. The Bertz CT molecular complexity index is 965. The first-order chi connectivity index (χ1) is 15.5. The van der Waals surface area contributed by atoms with Crippen LogP contribution < -0.4 is 4.90 Å². The summed E-state index contributed by atoms with van der Waals surface area (Å²) < 4.78 is 9.84. The Balaban J connectivity index is 1.69. The number of aromatic nitrogens is 2. The molecule has 9 nitrogen and oxygen atoms in total. The summed E-state index contributed by atoms with van der Waals surface area (Å²) in [5.41, 5.74) is 1.55. The Morgan fingerprint density at radius 3 is 2.41 bits per heavy atom. The molecule has 1 aromatic carbocycles. The second-order valence-corrected chi connectivity index (χ2v) is 7.61. The minimum Gasteiger partial charge on any atom is -0.469 e. The van der Waals surface area contributed by atoms with Crippen LogP contribution in [0.2, 0.25) is 0 Å². The fourth-order valence-electron chi connectivity index (χ4n) is 3.73. The summed E-state index contributed by atoms with van der Waals surface area (Å²) in [5.74, 6) is -0.179. The predicted molar refractivity (Wildman–Crippen MR) is 119 cm³/mol. The predicted octanol–water partition coefficient (Wildman–Crippen LogP) is 2.58. The highest BCUT2D eigenvalue weighted by Gasteiger charge is 2.25. The number of anilines is 1. The quantitative estimate of drug-likeness (QED) is 0.454. The van der Waals surface area contributed by atoms with E-state index in [4.69, 9.17) is 9.72 Å². The van der Waals surface area contributed by atoms with Gasteiger partial charge in [0.15, 0.2) is 11.5 Å². The topological polar surface area (TPSA) is 102 Å². The third-order valence-corrected chi connectivity index (χ3v) is 5.42. The average Bonchev–Trinajstić information content (AvgIpc) is 3.07. The van der Waals surface area contributed by atoms with Crippen molar-refractivity contribution in [3.63, 3.8) is 0 Å². The van der Waals surface area contributed by atoms with Gasteiger partial charge in [-0.25, -0.2) is 14.8 Å². The molecule has 0 spiro atoms.